The van der Waals surface area contributed by atoms with Crippen molar-refractivity contribution < 1.29 is 9.18 Å². The molecule has 2 aromatic rings. The van der Waals surface area contributed by atoms with E-state index in [1.807, 2.05) is 42.2 Å². The van der Waals surface area contributed by atoms with Crippen LogP contribution < -0.4 is 5.32 Å². The van der Waals surface area contributed by atoms with Crippen molar-refractivity contribution in [2.24, 2.45) is 0 Å². The highest BCUT2D eigenvalue weighted by molar-refractivity contribution is 5.76. The molecule has 0 saturated heterocycles. The van der Waals surface area contributed by atoms with Crippen molar-refractivity contribution in [3.8, 4) is 0 Å². The lowest BCUT2D eigenvalue weighted by atomic mass is 10.2. The summed E-state index contributed by atoms with van der Waals surface area (Å²) in [4.78, 5) is 14.1. The van der Waals surface area contributed by atoms with Crippen molar-refractivity contribution in [1.82, 2.24) is 4.90 Å². The number of hydrogen-bond acceptors (Lipinski definition) is 2. The predicted octanol–water partition coefficient (Wildman–Crippen LogP) is 3.68. The van der Waals surface area contributed by atoms with Crippen LogP contribution >= 0.6 is 0 Å². The molecule has 1 N–H and O–H groups in total. The molecule has 0 aliphatic rings. The first-order chi connectivity index (χ1) is 10.7. The lowest BCUT2D eigenvalue weighted by Crippen LogP contribution is -2.31. The largest absolute Gasteiger partial charge is 0.385 e. The molecule has 1 amide bonds. The molecule has 0 heterocycles. The van der Waals surface area contributed by atoms with Crippen LogP contribution in [0.15, 0.2) is 54.6 Å². The van der Waals surface area contributed by atoms with Gasteiger partial charge in [0.2, 0.25) is 5.91 Å². The minimum Gasteiger partial charge on any atom is -0.385 e. The first kappa shape index (κ1) is 16.0. The molecule has 0 fully saturated rings. The van der Waals surface area contributed by atoms with Crippen molar-refractivity contribution in [3.05, 3.63) is 66.0 Å². The van der Waals surface area contributed by atoms with Gasteiger partial charge in [0, 0.05) is 31.7 Å². The molecule has 0 bridgehead atoms. The van der Waals surface area contributed by atoms with Crippen LogP contribution in [0.4, 0.5) is 10.1 Å². The van der Waals surface area contributed by atoms with Gasteiger partial charge in [0.15, 0.2) is 0 Å². The fourth-order valence-corrected chi connectivity index (χ4v) is 2.22. The molecule has 116 valence electrons. The Labute approximate surface area is 130 Å². The van der Waals surface area contributed by atoms with Crippen molar-refractivity contribution >= 4 is 11.6 Å². The highest BCUT2D eigenvalue weighted by Crippen LogP contribution is 2.09. The van der Waals surface area contributed by atoms with Crippen LogP contribution in [-0.4, -0.2) is 23.9 Å². The molecule has 0 aromatic heterocycles. The van der Waals surface area contributed by atoms with E-state index in [1.165, 1.54) is 12.1 Å². The van der Waals surface area contributed by atoms with Gasteiger partial charge >= 0.3 is 0 Å². The van der Waals surface area contributed by atoms with Crippen LogP contribution in [-0.2, 0) is 11.3 Å². The smallest absolute Gasteiger partial charge is 0.224 e. The van der Waals surface area contributed by atoms with Gasteiger partial charge in [0.05, 0.1) is 0 Å². The molecule has 0 unspecified atom stereocenters. The van der Waals surface area contributed by atoms with Crippen molar-refractivity contribution in [2.75, 3.05) is 18.4 Å². The summed E-state index contributed by atoms with van der Waals surface area (Å²) in [6.45, 7) is 3.83. The molecular weight excluding hydrogens is 279 g/mol. The number of carbonyl (C=O) groups excluding carboxylic acids is 1. The van der Waals surface area contributed by atoms with Gasteiger partial charge in [-0.15, -0.1) is 0 Å². The SMILES string of the molecule is CCN(Cc1ccccc1)C(=O)CCNc1ccc(F)cc1. The number of nitrogens with one attached hydrogen (secondary N) is 1. The van der Waals surface area contributed by atoms with Crippen LogP contribution in [0.25, 0.3) is 0 Å². The van der Waals surface area contributed by atoms with Gasteiger partial charge in [-0.3, -0.25) is 4.79 Å². The first-order valence-electron chi connectivity index (χ1n) is 7.50. The number of benzene rings is 2. The number of nitrogens with zero attached hydrogens (tertiary/aromatic N) is 1. The average Bonchev–Trinajstić information content (AvgIpc) is 2.55. The zero-order valence-electron chi connectivity index (χ0n) is 12.8. The van der Waals surface area contributed by atoms with Crippen molar-refractivity contribution in [2.45, 2.75) is 19.9 Å². The van der Waals surface area contributed by atoms with Crippen LogP contribution in [0.2, 0.25) is 0 Å². The Balaban J connectivity index is 1.80. The summed E-state index contributed by atoms with van der Waals surface area (Å²) in [6, 6.07) is 16.1. The zero-order valence-corrected chi connectivity index (χ0v) is 12.8. The van der Waals surface area contributed by atoms with Crippen LogP contribution in [0, 0.1) is 5.82 Å². The fraction of sp³-hybridized carbons (Fsp3) is 0.278. The van der Waals surface area contributed by atoms with Gasteiger partial charge in [0.25, 0.3) is 0 Å². The van der Waals surface area contributed by atoms with E-state index in [2.05, 4.69) is 5.32 Å². The summed E-state index contributed by atoms with van der Waals surface area (Å²) in [6.07, 6.45) is 0.415. The number of amides is 1. The summed E-state index contributed by atoms with van der Waals surface area (Å²) in [5.41, 5.74) is 1.95. The van der Waals surface area contributed by atoms with E-state index < -0.39 is 0 Å². The van der Waals surface area contributed by atoms with Gasteiger partial charge in [-0.25, -0.2) is 4.39 Å². The second-order valence-electron chi connectivity index (χ2n) is 5.08. The number of rotatable bonds is 7. The Kier molecular flexibility index (Phi) is 5.95. The Morgan fingerprint density at radius 3 is 2.41 bits per heavy atom. The van der Waals surface area contributed by atoms with Crippen LogP contribution in [0.5, 0.6) is 0 Å². The standard InChI is InChI=1S/C18H21FN2O/c1-2-21(14-15-6-4-3-5-7-15)18(22)12-13-20-17-10-8-16(19)9-11-17/h3-11,20H,2,12-14H2,1H3. The monoisotopic (exact) mass is 300 g/mol. The third-order valence-electron chi connectivity index (χ3n) is 3.46. The van der Waals surface area contributed by atoms with Crippen LogP contribution in [0.3, 0.4) is 0 Å². The molecule has 22 heavy (non-hydrogen) atoms. The lowest BCUT2D eigenvalue weighted by Gasteiger charge is -2.21. The molecule has 2 aromatic carbocycles. The van der Waals surface area contributed by atoms with Gasteiger partial charge in [-0.1, -0.05) is 30.3 Å². The normalized spacial score (nSPS) is 10.3. The summed E-state index contributed by atoms with van der Waals surface area (Å²) in [7, 11) is 0. The number of anilines is 1. The maximum absolute atomic E-state index is 12.8. The Morgan fingerprint density at radius 1 is 1.09 bits per heavy atom. The Bertz CT molecular complexity index is 584. The number of carbonyl (C=O) groups is 1. The maximum Gasteiger partial charge on any atom is 0.224 e. The molecule has 2 rings (SSSR count). The molecule has 0 aliphatic heterocycles. The highest BCUT2D eigenvalue weighted by atomic mass is 19.1. The summed E-state index contributed by atoms with van der Waals surface area (Å²) >= 11 is 0. The van der Waals surface area contributed by atoms with E-state index >= 15 is 0 Å². The molecule has 0 saturated carbocycles. The minimum absolute atomic E-state index is 0.112. The lowest BCUT2D eigenvalue weighted by molar-refractivity contribution is -0.131. The van der Waals surface area contributed by atoms with E-state index in [0.717, 1.165) is 11.3 Å². The Hall–Kier alpha value is -2.36. The molecule has 0 aliphatic carbocycles. The third kappa shape index (κ3) is 4.88. The van der Waals surface area contributed by atoms with E-state index in [9.17, 15) is 9.18 Å². The molecule has 0 atom stereocenters. The quantitative estimate of drug-likeness (QED) is 0.846. The predicted molar refractivity (Wildman–Crippen MR) is 87.0 cm³/mol. The second-order valence-corrected chi connectivity index (χ2v) is 5.08. The molecule has 3 nitrogen and oxygen atoms in total. The molecule has 0 spiro atoms. The molecule has 4 heteroatoms. The van der Waals surface area contributed by atoms with Gasteiger partial charge in [-0.05, 0) is 36.8 Å². The van der Waals surface area contributed by atoms with Crippen LogP contribution in [0.1, 0.15) is 18.9 Å². The topological polar surface area (TPSA) is 32.3 Å². The van der Waals surface area contributed by atoms with Crippen molar-refractivity contribution in [1.29, 1.82) is 0 Å². The summed E-state index contributed by atoms with van der Waals surface area (Å²) in [5, 5.41) is 3.13. The number of hydrogen-bond donors (Lipinski definition) is 1. The van der Waals surface area contributed by atoms with E-state index in [4.69, 9.17) is 0 Å². The molecular formula is C18H21FN2O. The zero-order chi connectivity index (χ0) is 15.8. The van der Waals surface area contributed by atoms with E-state index in [-0.39, 0.29) is 11.7 Å². The second kappa shape index (κ2) is 8.17. The number of halogens is 1. The fourth-order valence-electron chi connectivity index (χ4n) is 2.22. The van der Waals surface area contributed by atoms with Gasteiger partial charge < -0.3 is 10.2 Å². The minimum atomic E-state index is -0.262. The van der Waals surface area contributed by atoms with Gasteiger partial charge in [0.1, 0.15) is 5.82 Å². The maximum atomic E-state index is 12.8. The Morgan fingerprint density at radius 2 is 1.77 bits per heavy atom. The average molecular weight is 300 g/mol. The highest BCUT2D eigenvalue weighted by Gasteiger charge is 2.11. The summed E-state index contributed by atoms with van der Waals surface area (Å²) in [5.74, 6) is -0.150. The van der Waals surface area contributed by atoms with E-state index in [0.29, 0.717) is 26.1 Å². The van der Waals surface area contributed by atoms with Gasteiger partial charge in [-0.2, -0.15) is 0 Å². The molecule has 0 radical (unpaired) electrons. The van der Waals surface area contributed by atoms with E-state index in [1.54, 1.807) is 12.1 Å². The third-order valence-corrected chi connectivity index (χ3v) is 3.46. The summed E-state index contributed by atoms with van der Waals surface area (Å²) < 4.78 is 12.8. The van der Waals surface area contributed by atoms with Crippen molar-refractivity contribution in [3.63, 3.8) is 0 Å². The first-order valence-corrected chi connectivity index (χ1v) is 7.50.